The second kappa shape index (κ2) is 2.11. The SMILES string of the molecule is Nc1cc(Cl)c[nH]c1=O. The van der Waals surface area contributed by atoms with Gasteiger partial charge in [0, 0.05) is 6.20 Å². The molecule has 0 fully saturated rings. The molecule has 48 valence electrons. The Morgan fingerprint density at radius 3 is 2.78 bits per heavy atom. The van der Waals surface area contributed by atoms with Gasteiger partial charge in [-0.15, -0.1) is 0 Å². The van der Waals surface area contributed by atoms with Crippen LogP contribution in [0.4, 0.5) is 5.69 Å². The summed E-state index contributed by atoms with van der Waals surface area (Å²) < 4.78 is 0. The summed E-state index contributed by atoms with van der Waals surface area (Å²) in [4.78, 5) is 12.9. The second-order valence-corrected chi connectivity index (χ2v) is 2.04. The number of rotatable bonds is 0. The number of hydrogen-bond acceptors (Lipinski definition) is 2. The van der Waals surface area contributed by atoms with Crippen molar-refractivity contribution in [2.24, 2.45) is 0 Å². The summed E-state index contributed by atoms with van der Waals surface area (Å²) in [6, 6.07) is 1.40. The summed E-state index contributed by atoms with van der Waals surface area (Å²) in [6.45, 7) is 0. The summed E-state index contributed by atoms with van der Waals surface area (Å²) in [5.41, 5.74) is 5.03. The van der Waals surface area contributed by atoms with Crippen molar-refractivity contribution in [2.45, 2.75) is 0 Å². The topological polar surface area (TPSA) is 58.9 Å². The summed E-state index contributed by atoms with van der Waals surface area (Å²) in [6.07, 6.45) is 1.39. The lowest BCUT2D eigenvalue weighted by Gasteiger charge is -1.89. The minimum Gasteiger partial charge on any atom is -0.394 e. The Hall–Kier alpha value is -0.960. The van der Waals surface area contributed by atoms with Crippen molar-refractivity contribution in [1.29, 1.82) is 0 Å². The quantitative estimate of drug-likeness (QED) is 0.561. The van der Waals surface area contributed by atoms with Crippen LogP contribution in [0.3, 0.4) is 0 Å². The van der Waals surface area contributed by atoms with Gasteiger partial charge in [-0.1, -0.05) is 11.6 Å². The van der Waals surface area contributed by atoms with Gasteiger partial charge in [-0.05, 0) is 6.07 Å². The second-order valence-electron chi connectivity index (χ2n) is 1.60. The van der Waals surface area contributed by atoms with E-state index < -0.39 is 0 Å². The molecule has 0 amide bonds. The van der Waals surface area contributed by atoms with Crippen molar-refractivity contribution >= 4 is 17.3 Å². The van der Waals surface area contributed by atoms with Crippen LogP contribution in [-0.2, 0) is 0 Å². The predicted molar refractivity (Wildman–Crippen MR) is 36.5 cm³/mol. The standard InChI is InChI=1S/C5H5ClN2O/c6-3-1-4(7)5(9)8-2-3/h1-2H,7H2,(H,8,9). The maximum absolute atomic E-state index is 10.5. The fourth-order valence-electron chi connectivity index (χ4n) is 0.474. The molecule has 3 N–H and O–H groups in total. The Balaban J connectivity index is 3.34. The van der Waals surface area contributed by atoms with Crippen LogP contribution in [0.2, 0.25) is 5.02 Å². The van der Waals surface area contributed by atoms with Crippen LogP contribution >= 0.6 is 11.6 Å². The van der Waals surface area contributed by atoms with Gasteiger partial charge in [0.25, 0.3) is 5.56 Å². The number of nitrogens with one attached hydrogen (secondary N) is 1. The van der Waals surface area contributed by atoms with E-state index in [1.165, 1.54) is 12.3 Å². The van der Waals surface area contributed by atoms with Gasteiger partial charge < -0.3 is 10.7 Å². The number of nitrogens with two attached hydrogens (primary N) is 1. The number of hydrogen-bond donors (Lipinski definition) is 2. The minimum atomic E-state index is -0.306. The molecular weight excluding hydrogens is 140 g/mol. The Labute approximate surface area is 56.5 Å². The van der Waals surface area contributed by atoms with Crippen LogP contribution < -0.4 is 11.3 Å². The Bertz CT molecular complexity index is 268. The minimum absolute atomic E-state index is 0.141. The molecule has 0 aliphatic carbocycles. The molecule has 0 spiro atoms. The van der Waals surface area contributed by atoms with Crippen molar-refractivity contribution in [2.75, 3.05) is 5.73 Å². The average molecular weight is 145 g/mol. The van der Waals surface area contributed by atoms with E-state index in [1.54, 1.807) is 0 Å². The normalized spacial score (nSPS) is 9.44. The highest BCUT2D eigenvalue weighted by atomic mass is 35.5. The molecule has 0 saturated carbocycles. The van der Waals surface area contributed by atoms with Crippen molar-refractivity contribution in [3.8, 4) is 0 Å². The van der Waals surface area contributed by atoms with Crippen LogP contribution in [0.1, 0.15) is 0 Å². The lowest BCUT2D eigenvalue weighted by Crippen LogP contribution is -2.09. The summed E-state index contributed by atoms with van der Waals surface area (Å²) in [5, 5.41) is 0.437. The van der Waals surface area contributed by atoms with Crippen molar-refractivity contribution in [3.05, 3.63) is 27.6 Å². The number of pyridine rings is 1. The molecule has 1 rings (SSSR count). The summed E-state index contributed by atoms with van der Waals surface area (Å²) in [7, 11) is 0. The Morgan fingerprint density at radius 1 is 1.67 bits per heavy atom. The average Bonchev–Trinajstić information content (AvgIpc) is 1.80. The fraction of sp³-hybridized carbons (Fsp3) is 0. The van der Waals surface area contributed by atoms with Crippen LogP contribution in [0, 0.1) is 0 Å². The highest BCUT2D eigenvalue weighted by molar-refractivity contribution is 6.30. The van der Waals surface area contributed by atoms with E-state index in [9.17, 15) is 4.79 Å². The molecule has 0 aliphatic rings. The molecule has 0 aliphatic heterocycles. The van der Waals surface area contributed by atoms with E-state index in [1.807, 2.05) is 0 Å². The third-order valence-corrected chi connectivity index (χ3v) is 1.11. The van der Waals surface area contributed by atoms with E-state index >= 15 is 0 Å². The molecule has 0 bridgehead atoms. The number of halogens is 1. The van der Waals surface area contributed by atoms with Gasteiger partial charge >= 0.3 is 0 Å². The number of aromatic nitrogens is 1. The zero-order chi connectivity index (χ0) is 6.85. The van der Waals surface area contributed by atoms with Gasteiger partial charge in [0.1, 0.15) is 0 Å². The van der Waals surface area contributed by atoms with Crippen LogP contribution in [-0.4, -0.2) is 4.98 Å². The van der Waals surface area contributed by atoms with E-state index in [-0.39, 0.29) is 11.2 Å². The Kier molecular flexibility index (Phi) is 1.44. The monoisotopic (exact) mass is 144 g/mol. The summed E-state index contributed by atoms with van der Waals surface area (Å²) >= 11 is 5.47. The highest BCUT2D eigenvalue weighted by Crippen LogP contribution is 2.04. The molecule has 1 aromatic heterocycles. The molecular formula is C5H5ClN2O. The number of H-pyrrole nitrogens is 1. The van der Waals surface area contributed by atoms with Crippen molar-refractivity contribution in [3.63, 3.8) is 0 Å². The van der Waals surface area contributed by atoms with Crippen LogP contribution in [0.25, 0.3) is 0 Å². The highest BCUT2D eigenvalue weighted by Gasteiger charge is 1.91. The van der Waals surface area contributed by atoms with Gasteiger partial charge in [0.15, 0.2) is 0 Å². The maximum Gasteiger partial charge on any atom is 0.271 e. The van der Waals surface area contributed by atoms with Crippen LogP contribution in [0.5, 0.6) is 0 Å². The van der Waals surface area contributed by atoms with Crippen molar-refractivity contribution in [1.82, 2.24) is 4.98 Å². The van der Waals surface area contributed by atoms with Gasteiger partial charge in [0.05, 0.1) is 10.7 Å². The molecule has 3 nitrogen and oxygen atoms in total. The number of nitrogen functional groups attached to an aromatic ring is 1. The first-order valence-corrected chi connectivity index (χ1v) is 2.71. The third-order valence-electron chi connectivity index (χ3n) is 0.897. The molecule has 0 unspecified atom stereocenters. The Morgan fingerprint density at radius 2 is 2.33 bits per heavy atom. The molecule has 1 heterocycles. The molecule has 0 atom stereocenters. The van der Waals surface area contributed by atoms with E-state index in [0.717, 1.165) is 0 Å². The first-order chi connectivity index (χ1) is 4.20. The lowest BCUT2D eigenvalue weighted by atomic mass is 10.4. The first-order valence-electron chi connectivity index (χ1n) is 2.34. The molecule has 4 heteroatoms. The zero-order valence-electron chi connectivity index (χ0n) is 4.52. The lowest BCUT2D eigenvalue weighted by molar-refractivity contribution is 1.24. The molecule has 0 aromatic carbocycles. The number of aromatic amines is 1. The summed E-state index contributed by atoms with van der Waals surface area (Å²) in [5.74, 6) is 0. The molecule has 0 saturated heterocycles. The maximum atomic E-state index is 10.5. The van der Waals surface area contributed by atoms with Gasteiger partial charge in [0.2, 0.25) is 0 Å². The smallest absolute Gasteiger partial charge is 0.271 e. The van der Waals surface area contributed by atoms with Crippen LogP contribution in [0.15, 0.2) is 17.1 Å². The van der Waals surface area contributed by atoms with E-state index in [0.29, 0.717) is 5.02 Å². The fourth-order valence-corrected chi connectivity index (χ4v) is 0.646. The predicted octanol–water partition coefficient (Wildman–Crippen LogP) is 0.611. The zero-order valence-corrected chi connectivity index (χ0v) is 5.27. The number of anilines is 1. The van der Waals surface area contributed by atoms with Gasteiger partial charge in [-0.2, -0.15) is 0 Å². The van der Waals surface area contributed by atoms with E-state index in [4.69, 9.17) is 17.3 Å². The third kappa shape index (κ3) is 1.23. The molecule has 1 aromatic rings. The largest absolute Gasteiger partial charge is 0.394 e. The molecule has 9 heavy (non-hydrogen) atoms. The van der Waals surface area contributed by atoms with E-state index in [2.05, 4.69) is 4.98 Å². The molecule has 0 radical (unpaired) electrons. The van der Waals surface area contributed by atoms with Gasteiger partial charge in [-0.25, -0.2) is 0 Å². The first kappa shape index (κ1) is 6.16. The van der Waals surface area contributed by atoms with Crippen molar-refractivity contribution < 1.29 is 0 Å². The van der Waals surface area contributed by atoms with Gasteiger partial charge in [-0.3, -0.25) is 4.79 Å².